The first-order valence-corrected chi connectivity index (χ1v) is 4.84. The van der Waals surface area contributed by atoms with Gasteiger partial charge in [0.15, 0.2) is 0 Å². The minimum atomic E-state index is -0.0532. The topological polar surface area (TPSA) is 72.7 Å². The molecule has 1 heterocycles. The highest BCUT2D eigenvalue weighted by Gasteiger charge is 2.05. The van der Waals surface area contributed by atoms with Crippen molar-refractivity contribution < 1.29 is 4.79 Å². The van der Waals surface area contributed by atoms with Crippen molar-refractivity contribution in [1.82, 2.24) is 20.2 Å². The summed E-state index contributed by atoms with van der Waals surface area (Å²) in [6, 6.07) is 0. The third kappa shape index (κ3) is 3.12. The lowest BCUT2D eigenvalue weighted by Crippen LogP contribution is -2.12. The minimum Gasteiger partial charge on any atom is -0.292 e. The molecule has 6 nitrogen and oxygen atoms in total. The maximum Gasteiger partial charge on any atom is 0.270 e. The van der Waals surface area contributed by atoms with E-state index in [1.165, 1.54) is 4.80 Å². The summed E-state index contributed by atoms with van der Waals surface area (Å²) in [5.41, 5.74) is 0. The summed E-state index contributed by atoms with van der Waals surface area (Å²) >= 11 is 0. The van der Waals surface area contributed by atoms with E-state index in [4.69, 9.17) is 0 Å². The number of carbonyl (C=O) groups is 1. The molecule has 1 aromatic rings. The molecular weight excluding hydrogens is 182 g/mol. The van der Waals surface area contributed by atoms with Gasteiger partial charge in [-0.1, -0.05) is 18.4 Å². The smallest absolute Gasteiger partial charge is 0.270 e. The number of aryl methyl sites for hydroxylation is 1. The van der Waals surface area contributed by atoms with Crippen molar-refractivity contribution >= 4 is 11.9 Å². The fraction of sp³-hybridized carbons (Fsp3) is 0.750. The number of tetrazole rings is 1. The number of aromatic nitrogens is 4. The van der Waals surface area contributed by atoms with Crippen molar-refractivity contribution in [3.05, 3.63) is 0 Å². The van der Waals surface area contributed by atoms with Crippen LogP contribution in [0.25, 0.3) is 0 Å². The quantitative estimate of drug-likeness (QED) is 0.758. The first-order chi connectivity index (χ1) is 6.76. The molecule has 1 N–H and O–H groups in total. The van der Waals surface area contributed by atoms with Gasteiger partial charge in [-0.2, -0.15) is 4.80 Å². The Morgan fingerprint density at radius 1 is 1.50 bits per heavy atom. The molecule has 1 amide bonds. The third-order valence-electron chi connectivity index (χ3n) is 1.74. The second-order valence-corrected chi connectivity index (χ2v) is 2.95. The number of nitrogens with one attached hydrogen (secondary N) is 1. The van der Waals surface area contributed by atoms with E-state index >= 15 is 0 Å². The van der Waals surface area contributed by atoms with Crippen molar-refractivity contribution in [3.63, 3.8) is 0 Å². The predicted molar refractivity (Wildman–Crippen MR) is 51.6 cm³/mol. The average Bonchev–Trinajstić information content (AvgIpc) is 2.62. The van der Waals surface area contributed by atoms with Gasteiger partial charge in [-0.05, 0) is 18.6 Å². The maximum atomic E-state index is 11.2. The second kappa shape index (κ2) is 5.31. The second-order valence-electron chi connectivity index (χ2n) is 2.95. The molecule has 1 aromatic heterocycles. The number of rotatable bonds is 5. The lowest BCUT2D eigenvalue weighted by molar-refractivity contribution is -0.116. The highest BCUT2D eigenvalue weighted by Crippen LogP contribution is 1.99. The first kappa shape index (κ1) is 10.6. The van der Waals surface area contributed by atoms with Crippen LogP contribution in [-0.2, 0) is 11.3 Å². The monoisotopic (exact) mass is 197 g/mol. The summed E-state index contributed by atoms with van der Waals surface area (Å²) in [4.78, 5) is 12.7. The number of hydrogen-bond acceptors (Lipinski definition) is 4. The SMILES string of the molecule is CCCCC(=O)Nc1nnn(CC)n1. The van der Waals surface area contributed by atoms with Crippen LogP contribution in [0.1, 0.15) is 33.1 Å². The van der Waals surface area contributed by atoms with Crippen molar-refractivity contribution in [2.24, 2.45) is 0 Å². The molecule has 0 spiro atoms. The Kier molecular flexibility index (Phi) is 4.03. The molecule has 0 bridgehead atoms. The molecule has 6 heteroatoms. The first-order valence-electron chi connectivity index (χ1n) is 4.84. The highest BCUT2D eigenvalue weighted by molar-refractivity contribution is 5.88. The highest BCUT2D eigenvalue weighted by atomic mass is 16.1. The molecule has 0 saturated heterocycles. The van der Waals surface area contributed by atoms with Crippen LogP contribution < -0.4 is 5.32 Å². The largest absolute Gasteiger partial charge is 0.292 e. The normalized spacial score (nSPS) is 10.1. The molecule has 0 aliphatic rings. The van der Waals surface area contributed by atoms with Crippen LogP contribution in [0.4, 0.5) is 5.95 Å². The molecule has 0 fully saturated rings. The Morgan fingerprint density at radius 2 is 2.29 bits per heavy atom. The number of unbranched alkanes of at least 4 members (excludes halogenated alkanes) is 1. The van der Waals surface area contributed by atoms with E-state index < -0.39 is 0 Å². The molecular formula is C8H15N5O. The number of carbonyl (C=O) groups excluding carboxylic acids is 1. The number of nitrogens with zero attached hydrogens (tertiary/aromatic N) is 4. The Hall–Kier alpha value is -1.46. The van der Waals surface area contributed by atoms with Crippen LogP contribution >= 0.6 is 0 Å². The standard InChI is InChI=1S/C8H15N5O/c1-3-5-6-7(14)9-8-10-12-13(4-2)11-8/h3-6H2,1-2H3,(H,9,11,14). The maximum absolute atomic E-state index is 11.2. The van der Waals surface area contributed by atoms with Crippen LogP contribution in [-0.4, -0.2) is 26.1 Å². The number of anilines is 1. The van der Waals surface area contributed by atoms with E-state index in [0.717, 1.165) is 12.8 Å². The zero-order valence-corrected chi connectivity index (χ0v) is 8.53. The van der Waals surface area contributed by atoms with E-state index in [-0.39, 0.29) is 11.9 Å². The molecule has 0 unspecified atom stereocenters. The number of amides is 1. The summed E-state index contributed by atoms with van der Waals surface area (Å²) in [5.74, 6) is 0.232. The van der Waals surface area contributed by atoms with Gasteiger partial charge in [0.1, 0.15) is 0 Å². The van der Waals surface area contributed by atoms with Crippen molar-refractivity contribution in [2.45, 2.75) is 39.7 Å². The molecule has 0 radical (unpaired) electrons. The summed E-state index contributed by atoms with van der Waals surface area (Å²) in [5, 5.41) is 13.9. The Balaban J connectivity index is 2.39. The van der Waals surface area contributed by atoms with E-state index in [2.05, 4.69) is 20.7 Å². The van der Waals surface area contributed by atoms with E-state index in [0.29, 0.717) is 13.0 Å². The van der Waals surface area contributed by atoms with Gasteiger partial charge in [0, 0.05) is 6.42 Å². The Morgan fingerprint density at radius 3 is 2.86 bits per heavy atom. The van der Waals surface area contributed by atoms with Crippen LogP contribution in [0.2, 0.25) is 0 Å². The van der Waals surface area contributed by atoms with Gasteiger partial charge < -0.3 is 0 Å². The molecule has 1 rings (SSSR count). The molecule has 0 saturated carbocycles. The summed E-state index contributed by atoms with van der Waals surface area (Å²) in [7, 11) is 0. The Labute approximate surface area is 82.7 Å². The molecule has 0 aromatic carbocycles. The molecule has 78 valence electrons. The fourth-order valence-electron chi connectivity index (χ4n) is 0.952. The van der Waals surface area contributed by atoms with E-state index in [9.17, 15) is 4.79 Å². The zero-order chi connectivity index (χ0) is 10.4. The van der Waals surface area contributed by atoms with Crippen molar-refractivity contribution in [2.75, 3.05) is 5.32 Å². The molecule has 0 aliphatic carbocycles. The predicted octanol–water partition coefficient (Wildman–Crippen LogP) is 0.822. The van der Waals surface area contributed by atoms with Crippen LogP contribution in [0.15, 0.2) is 0 Å². The fourth-order valence-corrected chi connectivity index (χ4v) is 0.952. The van der Waals surface area contributed by atoms with E-state index in [1.54, 1.807) is 0 Å². The Bertz CT molecular complexity index is 296. The zero-order valence-electron chi connectivity index (χ0n) is 8.53. The van der Waals surface area contributed by atoms with Gasteiger partial charge in [0.2, 0.25) is 5.91 Å². The van der Waals surface area contributed by atoms with E-state index in [1.807, 2.05) is 13.8 Å². The molecule has 0 aliphatic heterocycles. The van der Waals surface area contributed by atoms with Gasteiger partial charge in [-0.25, -0.2) is 0 Å². The lowest BCUT2D eigenvalue weighted by atomic mass is 10.2. The third-order valence-corrected chi connectivity index (χ3v) is 1.74. The summed E-state index contributed by atoms with van der Waals surface area (Å²) in [6.07, 6.45) is 2.40. The lowest BCUT2D eigenvalue weighted by Gasteiger charge is -1.97. The van der Waals surface area contributed by atoms with Crippen molar-refractivity contribution in [1.29, 1.82) is 0 Å². The summed E-state index contributed by atoms with van der Waals surface area (Å²) in [6.45, 7) is 4.60. The molecule has 14 heavy (non-hydrogen) atoms. The van der Waals surface area contributed by atoms with Gasteiger partial charge in [0.25, 0.3) is 5.95 Å². The van der Waals surface area contributed by atoms with Gasteiger partial charge in [-0.15, -0.1) is 5.10 Å². The number of hydrogen-bond donors (Lipinski definition) is 1. The van der Waals surface area contributed by atoms with Crippen LogP contribution in [0.3, 0.4) is 0 Å². The average molecular weight is 197 g/mol. The van der Waals surface area contributed by atoms with Gasteiger partial charge in [0.05, 0.1) is 6.54 Å². The van der Waals surface area contributed by atoms with Gasteiger partial charge in [-0.3, -0.25) is 10.1 Å². The van der Waals surface area contributed by atoms with Crippen LogP contribution in [0.5, 0.6) is 0 Å². The van der Waals surface area contributed by atoms with Gasteiger partial charge >= 0.3 is 0 Å². The van der Waals surface area contributed by atoms with Crippen molar-refractivity contribution in [3.8, 4) is 0 Å². The summed E-state index contributed by atoms with van der Waals surface area (Å²) < 4.78 is 0. The minimum absolute atomic E-state index is 0.0532. The van der Waals surface area contributed by atoms with Crippen LogP contribution in [0, 0.1) is 0 Å². The molecule has 0 atom stereocenters.